The van der Waals surface area contributed by atoms with Crippen molar-refractivity contribution in [2.24, 2.45) is 0 Å². The molecule has 0 aliphatic heterocycles. The molecule has 0 radical (unpaired) electrons. The van der Waals surface area contributed by atoms with Crippen molar-refractivity contribution < 1.29 is 0 Å². The van der Waals surface area contributed by atoms with Gasteiger partial charge in [-0.3, -0.25) is 4.98 Å². The van der Waals surface area contributed by atoms with Crippen LogP contribution in [0.4, 0.5) is 5.69 Å². The largest absolute Gasteiger partial charge is 0.385 e. The van der Waals surface area contributed by atoms with Gasteiger partial charge in [-0.1, -0.05) is 49.7 Å². The van der Waals surface area contributed by atoms with Crippen molar-refractivity contribution in [2.45, 2.75) is 26.2 Å². The first-order valence-electron chi connectivity index (χ1n) is 8.02. The molecular formula is C20H22N2. The summed E-state index contributed by atoms with van der Waals surface area (Å²) in [5.74, 6) is 0. The second-order valence-corrected chi connectivity index (χ2v) is 5.63. The molecule has 0 aliphatic rings. The van der Waals surface area contributed by atoms with Crippen molar-refractivity contribution in [1.29, 1.82) is 0 Å². The Hall–Kier alpha value is -2.35. The average molecular weight is 290 g/mol. The van der Waals surface area contributed by atoms with Crippen LogP contribution in [0.3, 0.4) is 0 Å². The van der Waals surface area contributed by atoms with Crippen molar-refractivity contribution in [2.75, 3.05) is 11.9 Å². The van der Waals surface area contributed by atoms with Crippen molar-refractivity contribution in [3.8, 4) is 0 Å². The SMILES string of the molecule is CCCCNc1ccc(Cc2nccc3ccccc23)cc1. The van der Waals surface area contributed by atoms with Crippen LogP contribution in [-0.4, -0.2) is 11.5 Å². The maximum absolute atomic E-state index is 4.57. The van der Waals surface area contributed by atoms with Crippen LogP contribution in [0.1, 0.15) is 31.0 Å². The van der Waals surface area contributed by atoms with Crippen LogP contribution in [0.5, 0.6) is 0 Å². The van der Waals surface area contributed by atoms with Crippen molar-refractivity contribution in [3.63, 3.8) is 0 Å². The molecule has 112 valence electrons. The number of pyridine rings is 1. The Labute approximate surface area is 132 Å². The third-order valence-corrected chi connectivity index (χ3v) is 3.94. The van der Waals surface area contributed by atoms with Gasteiger partial charge in [-0.05, 0) is 35.6 Å². The Balaban J connectivity index is 1.75. The van der Waals surface area contributed by atoms with Crippen LogP contribution in [0.2, 0.25) is 0 Å². The fourth-order valence-corrected chi connectivity index (χ4v) is 2.67. The summed E-state index contributed by atoms with van der Waals surface area (Å²) in [5, 5.41) is 5.95. The predicted molar refractivity (Wildman–Crippen MR) is 94.4 cm³/mol. The maximum Gasteiger partial charge on any atom is 0.0525 e. The first kappa shape index (κ1) is 14.6. The average Bonchev–Trinajstić information content (AvgIpc) is 2.57. The lowest BCUT2D eigenvalue weighted by molar-refractivity contribution is 0.834. The number of unbranched alkanes of at least 4 members (excludes halogenated alkanes) is 1. The van der Waals surface area contributed by atoms with Gasteiger partial charge >= 0.3 is 0 Å². The molecule has 0 atom stereocenters. The highest BCUT2D eigenvalue weighted by atomic mass is 14.9. The quantitative estimate of drug-likeness (QED) is 0.643. The lowest BCUT2D eigenvalue weighted by Gasteiger charge is -2.08. The number of nitrogens with one attached hydrogen (secondary N) is 1. The Morgan fingerprint density at radius 3 is 2.59 bits per heavy atom. The molecule has 1 N–H and O–H groups in total. The van der Waals surface area contributed by atoms with Gasteiger partial charge in [0.15, 0.2) is 0 Å². The number of nitrogens with zero attached hydrogens (tertiary/aromatic N) is 1. The van der Waals surface area contributed by atoms with Gasteiger partial charge in [-0.25, -0.2) is 0 Å². The molecule has 2 aromatic carbocycles. The number of rotatable bonds is 6. The van der Waals surface area contributed by atoms with E-state index < -0.39 is 0 Å². The Morgan fingerprint density at radius 2 is 1.77 bits per heavy atom. The van der Waals surface area contributed by atoms with E-state index in [0.717, 1.165) is 18.7 Å². The van der Waals surface area contributed by atoms with Gasteiger partial charge in [0.25, 0.3) is 0 Å². The van der Waals surface area contributed by atoms with Crippen LogP contribution >= 0.6 is 0 Å². The predicted octanol–water partition coefficient (Wildman–Crippen LogP) is 5.04. The molecule has 1 heterocycles. The molecule has 0 fully saturated rings. The third kappa shape index (κ3) is 3.45. The monoisotopic (exact) mass is 290 g/mol. The zero-order valence-corrected chi connectivity index (χ0v) is 13.0. The van der Waals surface area contributed by atoms with E-state index in [1.54, 1.807) is 0 Å². The van der Waals surface area contributed by atoms with E-state index in [4.69, 9.17) is 0 Å². The molecule has 0 spiro atoms. The molecule has 0 saturated carbocycles. The first-order chi connectivity index (χ1) is 10.9. The van der Waals surface area contributed by atoms with Gasteiger partial charge in [-0.2, -0.15) is 0 Å². The second-order valence-electron chi connectivity index (χ2n) is 5.63. The van der Waals surface area contributed by atoms with Gasteiger partial charge in [0.1, 0.15) is 0 Å². The van der Waals surface area contributed by atoms with E-state index in [2.05, 4.69) is 71.8 Å². The molecule has 3 rings (SSSR count). The number of hydrogen-bond donors (Lipinski definition) is 1. The normalized spacial score (nSPS) is 10.8. The van der Waals surface area contributed by atoms with Crippen molar-refractivity contribution in [1.82, 2.24) is 4.98 Å². The number of benzene rings is 2. The summed E-state index contributed by atoms with van der Waals surface area (Å²) in [7, 11) is 0. The van der Waals surface area contributed by atoms with Crippen LogP contribution in [0, 0.1) is 0 Å². The summed E-state index contributed by atoms with van der Waals surface area (Å²) in [5.41, 5.74) is 3.64. The molecule has 3 aromatic rings. The third-order valence-electron chi connectivity index (χ3n) is 3.94. The van der Waals surface area contributed by atoms with Gasteiger partial charge < -0.3 is 5.32 Å². The molecule has 0 unspecified atom stereocenters. The maximum atomic E-state index is 4.57. The zero-order valence-electron chi connectivity index (χ0n) is 13.0. The molecular weight excluding hydrogens is 268 g/mol. The molecule has 0 saturated heterocycles. The minimum absolute atomic E-state index is 0.872. The fraction of sp³-hybridized carbons (Fsp3) is 0.250. The Morgan fingerprint density at radius 1 is 0.955 bits per heavy atom. The van der Waals surface area contributed by atoms with Crippen LogP contribution in [0.25, 0.3) is 10.8 Å². The minimum atomic E-state index is 0.872. The molecule has 0 aliphatic carbocycles. The summed E-state index contributed by atoms with van der Waals surface area (Å²) in [4.78, 5) is 4.57. The van der Waals surface area contributed by atoms with E-state index in [0.29, 0.717) is 0 Å². The number of aromatic nitrogens is 1. The van der Waals surface area contributed by atoms with E-state index >= 15 is 0 Å². The first-order valence-corrected chi connectivity index (χ1v) is 8.02. The number of fused-ring (bicyclic) bond motifs is 1. The smallest absolute Gasteiger partial charge is 0.0525 e. The zero-order chi connectivity index (χ0) is 15.2. The van der Waals surface area contributed by atoms with Crippen LogP contribution in [0.15, 0.2) is 60.8 Å². The summed E-state index contributed by atoms with van der Waals surface area (Å²) in [6.07, 6.45) is 5.20. The highest BCUT2D eigenvalue weighted by Gasteiger charge is 2.03. The number of anilines is 1. The van der Waals surface area contributed by atoms with Crippen molar-refractivity contribution >= 4 is 16.5 Å². The van der Waals surface area contributed by atoms with Gasteiger partial charge in [0.05, 0.1) is 5.69 Å². The van der Waals surface area contributed by atoms with Gasteiger partial charge in [0.2, 0.25) is 0 Å². The lowest BCUT2D eigenvalue weighted by atomic mass is 10.0. The molecule has 2 nitrogen and oxygen atoms in total. The highest BCUT2D eigenvalue weighted by molar-refractivity contribution is 5.84. The molecule has 0 bridgehead atoms. The molecule has 2 heteroatoms. The molecule has 22 heavy (non-hydrogen) atoms. The summed E-state index contributed by atoms with van der Waals surface area (Å²) in [6.45, 7) is 3.25. The fourth-order valence-electron chi connectivity index (χ4n) is 2.67. The van der Waals surface area contributed by atoms with Crippen LogP contribution in [-0.2, 0) is 6.42 Å². The Kier molecular flexibility index (Phi) is 4.69. The summed E-state index contributed by atoms with van der Waals surface area (Å²) < 4.78 is 0. The molecule has 1 aromatic heterocycles. The second kappa shape index (κ2) is 7.08. The van der Waals surface area contributed by atoms with Crippen molar-refractivity contribution in [3.05, 3.63) is 72.1 Å². The summed E-state index contributed by atoms with van der Waals surface area (Å²) >= 11 is 0. The lowest BCUT2D eigenvalue weighted by Crippen LogP contribution is -2.01. The van der Waals surface area contributed by atoms with E-state index in [1.165, 1.54) is 34.9 Å². The van der Waals surface area contributed by atoms with Crippen LogP contribution < -0.4 is 5.32 Å². The van der Waals surface area contributed by atoms with Gasteiger partial charge in [-0.15, -0.1) is 0 Å². The Bertz CT molecular complexity index is 727. The topological polar surface area (TPSA) is 24.9 Å². The standard InChI is InChI=1S/C20H22N2/c1-2-3-13-21-18-10-8-16(9-11-18)15-20-19-7-5-4-6-17(19)12-14-22-20/h4-12,14,21H,2-3,13,15H2,1H3. The van der Waals surface area contributed by atoms with E-state index in [-0.39, 0.29) is 0 Å². The number of hydrogen-bond acceptors (Lipinski definition) is 2. The van der Waals surface area contributed by atoms with Gasteiger partial charge in [0, 0.05) is 30.2 Å². The minimum Gasteiger partial charge on any atom is -0.385 e. The van der Waals surface area contributed by atoms with E-state index in [1.807, 2.05) is 6.20 Å². The van der Waals surface area contributed by atoms with E-state index in [9.17, 15) is 0 Å². The molecule has 0 amide bonds. The highest BCUT2D eigenvalue weighted by Crippen LogP contribution is 2.20. The summed E-state index contributed by atoms with van der Waals surface area (Å²) in [6, 6.07) is 19.2.